The summed E-state index contributed by atoms with van der Waals surface area (Å²) >= 11 is 0. The van der Waals surface area contributed by atoms with E-state index in [1.54, 1.807) is 13.8 Å². The van der Waals surface area contributed by atoms with Crippen LogP contribution in [0.15, 0.2) is 18.3 Å². The number of hydrogen-bond donors (Lipinski definition) is 1. The normalized spacial score (nSPS) is 20.2. The number of alkyl halides is 3. The lowest BCUT2D eigenvalue weighted by Crippen LogP contribution is -2.45. The number of imidazole rings is 1. The van der Waals surface area contributed by atoms with Crippen molar-refractivity contribution in [2.45, 2.75) is 51.0 Å². The lowest BCUT2D eigenvalue weighted by molar-refractivity contribution is -0.149. The van der Waals surface area contributed by atoms with Gasteiger partial charge in [-0.05, 0) is 31.9 Å². The molecule has 2 heterocycles. The molecule has 3 atom stereocenters. The summed E-state index contributed by atoms with van der Waals surface area (Å²) in [6.45, 7) is 3.14. The van der Waals surface area contributed by atoms with Gasteiger partial charge in [0.1, 0.15) is 5.82 Å². The number of benzene rings is 1. The van der Waals surface area contributed by atoms with E-state index in [0.717, 1.165) is 10.8 Å². The number of nitrogens with zero attached hydrogens (tertiary/aromatic N) is 3. The number of hydrogen-bond acceptors (Lipinski definition) is 3. The largest absolute Gasteiger partial charge is 0.449 e. The lowest BCUT2D eigenvalue weighted by Gasteiger charge is -2.39. The van der Waals surface area contributed by atoms with Crippen LogP contribution < -0.4 is 5.73 Å². The smallest absolute Gasteiger partial charge is 0.332 e. The molecule has 30 heavy (non-hydrogen) atoms. The van der Waals surface area contributed by atoms with Gasteiger partial charge in [-0.25, -0.2) is 18.2 Å². The quantitative estimate of drug-likeness (QED) is 0.589. The van der Waals surface area contributed by atoms with Crippen molar-refractivity contribution < 1.29 is 31.1 Å². The van der Waals surface area contributed by atoms with Crippen LogP contribution in [0.25, 0.3) is 0 Å². The Balaban J connectivity index is 1.73. The van der Waals surface area contributed by atoms with Crippen LogP contribution in [0.5, 0.6) is 0 Å². The molecular weight excluding hydrogens is 414 g/mol. The number of carbonyl (C=O) groups excluding carboxylic acids is 1. The van der Waals surface area contributed by atoms with Crippen molar-refractivity contribution in [2.75, 3.05) is 6.54 Å². The molecule has 11 heteroatoms. The first-order valence-electron chi connectivity index (χ1n) is 9.23. The fraction of sp³-hybridized carbons (Fsp3) is 0.474. The Hall–Kier alpha value is -2.56. The van der Waals surface area contributed by atoms with Gasteiger partial charge in [0, 0.05) is 25.1 Å². The van der Waals surface area contributed by atoms with E-state index in [0.29, 0.717) is 12.1 Å². The van der Waals surface area contributed by atoms with Crippen molar-refractivity contribution in [3.05, 3.63) is 52.9 Å². The SMILES string of the molecule is CC1c2cnc(C(F)(F)F)n2C(C)CN1C(=O)C[C@H](N)Cc1cc(F)c(F)cc1F. The maximum absolute atomic E-state index is 13.8. The number of halogens is 6. The van der Waals surface area contributed by atoms with Crippen LogP contribution in [0.2, 0.25) is 0 Å². The maximum Gasteiger partial charge on any atom is 0.449 e. The fourth-order valence-corrected chi connectivity index (χ4v) is 3.77. The molecule has 2 N–H and O–H groups in total. The van der Waals surface area contributed by atoms with Crippen LogP contribution in [0.4, 0.5) is 26.3 Å². The van der Waals surface area contributed by atoms with Crippen molar-refractivity contribution in [1.29, 1.82) is 0 Å². The van der Waals surface area contributed by atoms with Gasteiger partial charge in [-0.15, -0.1) is 0 Å². The van der Waals surface area contributed by atoms with Gasteiger partial charge in [-0.3, -0.25) is 4.79 Å². The summed E-state index contributed by atoms with van der Waals surface area (Å²) in [5.74, 6) is -4.98. The second-order valence-corrected chi connectivity index (χ2v) is 7.47. The standard InChI is InChI=1S/C19H20F6N4O/c1-9-8-28(10(2)16-7-27-18(29(9)16)19(23,24)25)17(30)5-12(26)3-11-4-14(21)15(22)6-13(11)20/h4,6-7,9-10,12H,3,5,8,26H2,1-2H3/t9?,10?,12-/m1/s1. The second kappa shape index (κ2) is 7.93. The molecule has 0 saturated heterocycles. The van der Waals surface area contributed by atoms with Crippen LogP contribution in [0, 0.1) is 17.5 Å². The van der Waals surface area contributed by atoms with E-state index in [1.165, 1.54) is 4.90 Å². The fourth-order valence-electron chi connectivity index (χ4n) is 3.77. The molecule has 1 aromatic heterocycles. The van der Waals surface area contributed by atoms with Crippen molar-refractivity contribution in [2.24, 2.45) is 5.73 Å². The van der Waals surface area contributed by atoms with E-state index >= 15 is 0 Å². The monoisotopic (exact) mass is 434 g/mol. The van der Waals surface area contributed by atoms with Crippen LogP contribution in [-0.2, 0) is 17.4 Å². The molecule has 0 aliphatic carbocycles. The van der Waals surface area contributed by atoms with Crippen molar-refractivity contribution in [3.8, 4) is 0 Å². The summed E-state index contributed by atoms with van der Waals surface area (Å²) in [6.07, 6.45) is -3.96. The van der Waals surface area contributed by atoms with Crippen molar-refractivity contribution in [3.63, 3.8) is 0 Å². The van der Waals surface area contributed by atoms with Crippen LogP contribution >= 0.6 is 0 Å². The Morgan fingerprint density at radius 2 is 1.83 bits per heavy atom. The predicted molar refractivity (Wildman–Crippen MR) is 94.7 cm³/mol. The van der Waals surface area contributed by atoms with Gasteiger partial charge in [0.2, 0.25) is 11.7 Å². The third-order valence-electron chi connectivity index (χ3n) is 5.20. The molecule has 3 rings (SSSR count). The molecule has 164 valence electrons. The molecule has 0 radical (unpaired) electrons. The topological polar surface area (TPSA) is 64.2 Å². The Kier molecular flexibility index (Phi) is 5.85. The lowest BCUT2D eigenvalue weighted by atomic mass is 10.0. The Morgan fingerprint density at radius 1 is 1.20 bits per heavy atom. The summed E-state index contributed by atoms with van der Waals surface area (Å²) in [5, 5.41) is 0. The Morgan fingerprint density at radius 3 is 2.47 bits per heavy atom. The highest BCUT2D eigenvalue weighted by molar-refractivity contribution is 5.77. The second-order valence-electron chi connectivity index (χ2n) is 7.47. The minimum atomic E-state index is -4.62. The summed E-state index contributed by atoms with van der Waals surface area (Å²) < 4.78 is 80.8. The molecule has 2 unspecified atom stereocenters. The molecule has 0 bridgehead atoms. The number of rotatable bonds is 4. The van der Waals surface area contributed by atoms with Crippen molar-refractivity contribution >= 4 is 5.91 Å². The van der Waals surface area contributed by atoms with Gasteiger partial charge in [-0.1, -0.05) is 0 Å². The molecule has 5 nitrogen and oxygen atoms in total. The first kappa shape index (κ1) is 22.1. The van der Waals surface area contributed by atoms with E-state index in [4.69, 9.17) is 5.73 Å². The van der Waals surface area contributed by atoms with Crippen molar-refractivity contribution in [1.82, 2.24) is 14.5 Å². The molecule has 0 saturated carbocycles. The van der Waals surface area contributed by atoms with Gasteiger partial charge in [0.15, 0.2) is 11.6 Å². The third kappa shape index (κ3) is 4.16. The van der Waals surface area contributed by atoms with E-state index in [9.17, 15) is 31.1 Å². The minimum absolute atomic E-state index is 0.0126. The molecule has 1 aliphatic heterocycles. The first-order chi connectivity index (χ1) is 13.9. The number of nitrogens with two attached hydrogens (primary N) is 1. The molecule has 0 spiro atoms. The zero-order chi connectivity index (χ0) is 22.4. The zero-order valence-electron chi connectivity index (χ0n) is 16.2. The van der Waals surface area contributed by atoms with Crippen LogP contribution in [0.1, 0.15) is 49.4 Å². The van der Waals surface area contributed by atoms with E-state index in [1.807, 2.05) is 0 Å². The highest BCUT2D eigenvalue weighted by Gasteiger charge is 2.42. The number of carbonyl (C=O) groups is 1. The highest BCUT2D eigenvalue weighted by atomic mass is 19.4. The summed E-state index contributed by atoms with van der Waals surface area (Å²) in [5.41, 5.74) is 5.99. The number of aromatic nitrogens is 2. The molecule has 0 fully saturated rings. The van der Waals surface area contributed by atoms with Gasteiger partial charge in [0.25, 0.3) is 0 Å². The molecular formula is C19H20F6N4O. The van der Waals surface area contributed by atoms with Gasteiger partial charge in [0.05, 0.1) is 24.0 Å². The Bertz CT molecular complexity index is 957. The molecule has 1 amide bonds. The van der Waals surface area contributed by atoms with Crippen LogP contribution in [-0.4, -0.2) is 32.9 Å². The van der Waals surface area contributed by atoms with E-state index in [2.05, 4.69) is 4.98 Å². The van der Waals surface area contributed by atoms with E-state index in [-0.39, 0.29) is 30.6 Å². The van der Waals surface area contributed by atoms with Gasteiger partial charge >= 0.3 is 6.18 Å². The Labute approximate surface area is 168 Å². The predicted octanol–water partition coefficient (Wildman–Crippen LogP) is 3.74. The molecule has 2 aromatic rings. The van der Waals surface area contributed by atoms with Gasteiger partial charge < -0.3 is 15.2 Å². The molecule has 1 aromatic carbocycles. The first-order valence-corrected chi connectivity index (χ1v) is 9.23. The zero-order valence-corrected chi connectivity index (χ0v) is 16.2. The minimum Gasteiger partial charge on any atom is -0.332 e. The average molecular weight is 434 g/mol. The third-order valence-corrected chi connectivity index (χ3v) is 5.20. The van der Waals surface area contributed by atoms with E-state index < -0.39 is 53.5 Å². The number of fused-ring (bicyclic) bond motifs is 1. The summed E-state index contributed by atoms with van der Waals surface area (Å²) in [7, 11) is 0. The molecule has 1 aliphatic rings. The average Bonchev–Trinajstić information content (AvgIpc) is 3.09. The summed E-state index contributed by atoms with van der Waals surface area (Å²) in [6, 6.07) is -1.13. The van der Waals surface area contributed by atoms with Crippen LogP contribution in [0.3, 0.4) is 0 Å². The number of amides is 1. The maximum atomic E-state index is 13.8. The highest BCUT2D eigenvalue weighted by Crippen LogP contribution is 2.37. The van der Waals surface area contributed by atoms with Gasteiger partial charge in [-0.2, -0.15) is 13.2 Å². The summed E-state index contributed by atoms with van der Waals surface area (Å²) in [4.78, 5) is 17.6.